The number of hydrogen-bond donors (Lipinski definition) is 1. The molecule has 5 rings (SSSR count). The molecule has 166 valence electrons. The Balaban J connectivity index is 1.14. The molecule has 0 radical (unpaired) electrons. The standard InChI is InChI=1S/C26H24N4OS2/c31-24(27-25-28-29-26(33-25)32-18-20-6-2-1-3-7-20)22-12-10-19(11-13-22)16-30-15-14-21-8-4-5-9-23(21)17-30/h1-13H,14-18H2,(H,27,28,31). The topological polar surface area (TPSA) is 58.1 Å². The van der Waals surface area contributed by atoms with Gasteiger partial charge in [-0.3, -0.25) is 15.0 Å². The predicted molar refractivity (Wildman–Crippen MR) is 135 cm³/mol. The van der Waals surface area contributed by atoms with E-state index in [1.165, 1.54) is 33.6 Å². The van der Waals surface area contributed by atoms with Crippen LogP contribution in [0.4, 0.5) is 5.13 Å². The molecular formula is C26H24N4OS2. The third-order valence-corrected chi connectivity index (χ3v) is 7.71. The Morgan fingerprint density at radius 2 is 1.67 bits per heavy atom. The number of hydrogen-bond acceptors (Lipinski definition) is 6. The lowest BCUT2D eigenvalue weighted by molar-refractivity contribution is 0.102. The molecule has 3 aromatic carbocycles. The first kappa shape index (κ1) is 21.8. The Hall–Kier alpha value is -3.00. The lowest BCUT2D eigenvalue weighted by Crippen LogP contribution is -2.29. The maximum atomic E-state index is 12.7. The summed E-state index contributed by atoms with van der Waals surface area (Å²) in [5.74, 6) is 0.664. The molecule has 1 aliphatic heterocycles. The Labute approximate surface area is 201 Å². The summed E-state index contributed by atoms with van der Waals surface area (Å²) in [7, 11) is 0. The third-order valence-electron chi connectivity index (χ3n) is 5.66. The molecule has 0 atom stereocenters. The number of amides is 1. The normalized spacial score (nSPS) is 13.5. The van der Waals surface area contributed by atoms with Crippen LogP contribution in [0.15, 0.2) is 83.2 Å². The van der Waals surface area contributed by atoms with Crippen LogP contribution < -0.4 is 5.32 Å². The van der Waals surface area contributed by atoms with E-state index in [2.05, 4.69) is 56.8 Å². The highest BCUT2D eigenvalue weighted by Gasteiger charge is 2.16. The van der Waals surface area contributed by atoms with E-state index in [0.717, 1.165) is 36.1 Å². The summed E-state index contributed by atoms with van der Waals surface area (Å²) in [6.45, 7) is 2.91. The molecule has 1 aromatic heterocycles. The van der Waals surface area contributed by atoms with Crippen molar-refractivity contribution in [3.8, 4) is 0 Å². The molecule has 0 bridgehead atoms. The van der Waals surface area contributed by atoms with Gasteiger partial charge in [0.2, 0.25) is 5.13 Å². The average molecular weight is 473 g/mol. The minimum atomic E-state index is -0.163. The summed E-state index contributed by atoms with van der Waals surface area (Å²) in [6.07, 6.45) is 1.09. The molecule has 0 fully saturated rings. The average Bonchev–Trinajstić information content (AvgIpc) is 3.31. The van der Waals surface area contributed by atoms with Crippen molar-refractivity contribution in [2.45, 2.75) is 29.6 Å². The van der Waals surface area contributed by atoms with Crippen LogP contribution in [0.1, 0.15) is 32.6 Å². The second-order valence-electron chi connectivity index (χ2n) is 8.03. The second kappa shape index (κ2) is 10.3. The summed E-state index contributed by atoms with van der Waals surface area (Å²) in [6, 6.07) is 26.7. The summed E-state index contributed by atoms with van der Waals surface area (Å²) in [5, 5.41) is 11.7. The highest BCUT2D eigenvalue weighted by atomic mass is 32.2. The van der Waals surface area contributed by atoms with E-state index in [9.17, 15) is 4.79 Å². The summed E-state index contributed by atoms with van der Waals surface area (Å²) < 4.78 is 0.840. The van der Waals surface area contributed by atoms with Crippen molar-refractivity contribution in [3.63, 3.8) is 0 Å². The molecular weight excluding hydrogens is 448 g/mol. The molecule has 2 heterocycles. The molecule has 7 heteroatoms. The number of anilines is 1. The quantitative estimate of drug-likeness (QED) is 0.279. The van der Waals surface area contributed by atoms with Crippen LogP contribution in [0.25, 0.3) is 0 Å². The highest BCUT2D eigenvalue weighted by molar-refractivity contribution is 8.00. The van der Waals surface area contributed by atoms with Crippen LogP contribution in [0.2, 0.25) is 0 Å². The van der Waals surface area contributed by atoms with E-state index in [1.54, 1.807) is 11.8 Å². The zero-order valence-electron chi connectivity index (χ0n) is 18.1. The molecule has 5 nitrogen and oxygen atoms in total. The number of thioether (sulfide) groups is 1. The summed E-state index contributed by atoms with van der Waals surface area (Å²) in [5.41, 5.74) is 5.94. The number of benzene rings is 3. The van der Waals surface area contributed by atoms with Crippen molar-refractivity contribution in [3.05, 3.63) is 107 Å². The fourth-order valence-electron chi connectivity index (χ4n) is 3.92. The Kier molecular flexibility index (Phi) is 6.81. The van der Waals surface area contributed by atoms with Gasteiger partial charge in [0.05, 0.1) is 0 Å². The first-order chi connectivity index (χ1) is 16.2. The minimum Gasteiger partial charge on any atom is -0.296 e. The van der Waals surface area contributed by atoms with Gasteiger partial charge in [-0.15, -0.1) is 10.2 Å². The highest BCUT2D eigenvalue weighted by Crippen LogP contribution is 2.28. The number of nitrogens with one attached hydrogen (secondary N) is 1. The monoisotopic (exact) mass is 472 g/mol. The van der Waals surface area contributed by atoms with Crippen molar-refractivity contribution in [2.24, 2.45) is 0 Å². The number of carbonyl (C=O) groups excluding carboxylic acids is 1. The van der Waals surface area contributed by atoms with Gasteiger partial charge in [-0.25, -0.2) is 0 Å². The van der Waals surface area contributed by atoms with Crippen molar-refractivity contribution in [1.29, 1.82) is 0 Å². The lowest BCUT2D eigenvalue weighted by atomic mass is 9.99. The first-order valence-corrected chi connectivity index (χ1v) is 12.7. The first-order valence-electron chi connectivity index (χ1n) is 10.9. The van der Waals surface area contributed by atoms with E-state index < -0.39 is 0 Å². The van der Waals surface area contributed by atoms with Gasteiger partial charge in [-0.1, -0.05) is 89.8 Å². The van der Waals surface area contributed by atoms with Gasteiger partial charge in [0.25, 0.3) is 5.91 Å². The van der Waals surface area contributed by atoms with Crippen LogP contribution >= 0.6 is 23.1 Å². The Morgan fingerprint density at radius 1 is 0.909 bits per heavy atom. The largest absolute Gasteiger partial charge is 0.296 e. The number of aromatic nitrogens is 2. The Bertz CT molecular complexity index is 1220. The lowest BCUT2D eigenvalue weighted by Gasteiger charge is -2.28. The van der Waals surface area contributed by atoms with Crippen LogP contribution in [0.3, 0.4) is 0 Å². The number of nitrogens with zero attached hydrogens (tertiary/aromatic N) is 3. The molecule has 0 spiro atoms. The van der Waals surface area contributed by atoms with Crippen molar-refractivity contribution < 1.29 is 4.79 Å². The fourth-order valence-corrected chi connectivity index (χ4v) is 5.62. The number of carbonyl (C=O) groups is 1. The van der Waals surface area contributed by atoms with E-state index >= 15 is 0 Å². The zero-order chi connectivity index (χ0) is 22.5. The smallest absolute Gasteiger partial charge is 0.257 e. The molecule has 0 saturated carbocycles. The number of fused-ring (bicyclic) bond motifs is 1. The van der Waals surface area contributed by atoms with Gasteiger partial charge in [-0.05, 0) is 40.8 Å². The van der Waals surface area contributed by atoms with Gasteiger partial charge in [0.1, 0.15) is 0 Å². The molecule has 1 N–H and O–H groups in total. The van der Waals surface area contributed by atoms with Gasteiger partial charge < -0.3 is 0 Å². The molecule has 4 aromatic rings. The Morgan fingerprint density at radius 3 is 2.48 bits per heavy atom. The molecule has 0 aliphatic carbocycles. The molecule has 0 saturated heterocycles. The van der Waals surface area contributed by atoms with Crippen LogP contribution in [-0.4, -0.2) is 27.5 Å². The van der Waals surface area contributed by atoms with E-state index in [-0.39, 0.29) is 5.91 Å². The van der Waals surface area contributed by atoms with Gasteiger partial charge >= 0.3 is 0 Å². The third kappa shape index (κ3) is 5.68. The summed E-state index contributed by atoms with van der Waals surface area (Å²) in [4.78, 5) is 15.1. The maximum Gasteiger partial charge on any atom is 0.257 e. The summed E-state index contributed by atoms with van der Waals surface area (Å²) >= 11 is 3.02. The van der Waals surface area contributed by atoms with Gasteiger partial charge in [0.15, 0.2) is 4.34 Å². The molecule has 33 heavy (non-hydrogen) atoms. The van der Waals surface area contributed by atoms with E-state index in [1.807, 2.05) is 42.5 Å². The van der Waals surface area contributed by atoms with Crippen LogP contribution in [-0.2, 0) is 25.3 Å². The van der Waals surface area contributed by atoms with Crippen LogP contribution in [0.5, 0.6) is 0 Å². The molecule has 1 amide bonds. The minimum absolute atomic E-state index is 0.163. The van der Waals surface area contributed by atoms with Crippen molar-refractivity contribution >= 4 is 34.1 Å². The van der Waals surface area contributed by atoms with Crippen molar-refractivity contribution in [2.75, 3.05) is 11.9 Å². The van der Waals surface area contributed by atoms with E-state index in [4.69, 9.17) is 0 Å². The van der Waals surface area contributed by atoms with Gasteiger partial charge in [-0.2, -0.15) is 0 Å². The molecule has 1 aliphatic rings. The number of rotatable bonds is 7. The van der Waals surface area contributed by atoms with Gasteiger partial charge in [0, 0.05) is 31.0 Å². The SMILES string of the molecule is O=C(Nc1nnc(SCc2ccccc2)s1)c1ccc(CN2CCc3ccccc3C2)cc1. The van der Waals surface area contributed by atoms with Crippen LogP contribution in [0, 0.1) is 0 Å². The fraction of sp³-hybridized carbons (Fsp3) is 0.192. The maximum absolute atomic E-state index is 12.7. The zero-order valence-corrected chi connectivity index (χ0v) is 19.7. The van der Waals surface area contributed by atoms with E-state index in [0.29, 0.717) is 10.7 Å². The van der Waals surface area contributed by atoms with Crippen molar-refractivity contribution in [1.82, 2.24) is 15.1 Å². The second-order valence-corrected chi connectivity index (χ2v) is 10.2. The predicted octanol–water partition coefficient (Wildman–Crippen LogP) is 5.64. The molecule has 0 unspecified atom stereocenters.